The summed E-state index contributed by atoms with van der Waals surface area (Å²) in [5.74, 6) is 0.683. The van der Waals surface area contributed by atoms with Gasteiger partial charge >= 0.3 is 0 Å². The van der Waals surface area contributed by atoms with Gasteiger partial charge in [0, 0.05) is 25.7 Å². The van der Waals surface area contributed by atoms with E-state index in [-0.39, 0.29) is 11.9 Å². The number of hydrogen-bond acceptors (Lipinski definition) is 3. The first-order valence-electron chi connectivity index (χ1n) is 6.73. The molecule has 1 fully saturated rings. The molecule has 0 spiro atoms. The number of nitrogens with one attached hydrogen (secondary N) is 2. The highest BCUT2D eigenvalue weighted by Crippen LogP contribution is 2.12. The average Bonchev–Trinajstić information content (AvgIpc) is 2.35. The fourth-order valence-corrected chi connectivity index (χ4v) is 2.19. The van der Waals surface area contributed by atoms with Crippen molar-refractivity contribution in [2.75, 3.05) is 26.7 Å². The third kappa shape index (κ3) is 4.64. The van der Waals surface area contributed by atoms with Gasteiger partial charge in [-0.05, 0) is 32.7 Å². The monoisotopic (exact) mass is 241 g/mol. The highest BCUT2D eigenvalue weighted by Gasteiger charge is 2.25. The minimum atomic E-state index is 0.00607. The van der Waals surface area contributed by atoms with Gasteiger partial charge in [-0.15, -0.1) is 0 Å². The number of carbonyl (C=O) groups excluding carboxylic acids is 1. The van der Waals surface area contributed by atoms with E-state index in [9.17, 15) is 4.79 Å². The second-order valence-electron chi connectivity index (χ2n) is 5.41. The summed E-state index contributed by atoms with van der Waals surface area (Å²) in [6, 6.07) is 0.628. The molecule has 0 aromatic heterocycles. The fourth-order valence-electron chi connectivity index (χ4n) is 2.19. The molecule has 1 aliphatic rings. The average molecular weight is 241 g/mol. The lowest BCUT2D eigenvalue weighted by Gasteiger charge is -2.35. The Morgan fingerprint density at radius 3 is 2.35 bits per heavy atom. The van der Waals surface area contributed by atoms with E-state index in [1.54, 1.807) is 0 Å². The molecular weight excluding hydrogens is 214 g/mol. The van der Waals surface area contributed by atoms with Crippen molar-refractivity contribution < 1.29 is 4.79 Å². The zero-order chi connectivity index (χ0) is 12.8. The van der Waals surface area contributed by atoms with Gasteiger partial charge < -0.3 is 10.6 Å². The Kier molecular flexibility index (Phi) is 5.92. The molecule has 2 N–H and O–H groups in total. The standard InChI is InChI=1S/C13H27N3O/c1-10(2)9-15-13(17)11(3)16-7-5-12(14-4)6-8-16/h10-12,14H,5-9H2,1-4H3,(H,15,17). The van der Waals surface area contributed by atoms with E-state index in [2.05, 4.69) is 29.4 Å². The van der Waals surface area contributed by atoms with E-state index in [0.29, 0.717) is 12.0 Å². The van der Waals surface area contributed by atoms with Crippen LogP contribution in [0.2, 0.25) is 0 Å². The van der Waals surface area contributed by atoms with Gasteiger partial charge in [-0.25, -0.2) is 0 Å². The number of hydrogen-bond donors (Lipinski definition) is 2. The molecule has 1 heterocycles. The highest BCUT2D eigenvalue weighted by molar-refractivity contribution is 5.81. The molecule has 0 aromatic rings. The lowest BCUT2D eigenvalue weighted by atomic mass is 10.0. The van der Waals surface area contributed by atoms with Crippen LogP contribution in [0.5, 0.6) is 0 Å². The first-order chi connectivity index (χ1) is 8.04. The van der Waals surface area contributed by atoms with Crippen LogP contribution in [-0.4, -0.2) is 49.6 Å². The molecule has 1 saturated heterocycles. The van der Waals surface area contributed by atoms with Crippen molar-refractivity contribution in [3.8, 4) is 0 Å². The quantitative estimate of drug-likeness (QED) is 0.749. The van der Waals surface area contributed by atoms with Gasteiger partial charge in [0.2, 0.25) is 5.91 Å². The van der Waals surface area contributed by atoms with Gasteiger partial charge in [-0.3, -0.25) is 9.69 Å². The van der Waals surface area contributed by atoms with E-state index >= 15 is 0 Å². The summed E-state index contributed by atoms with van der Waals surface area (Å²) in [6.07, 6.45) is 2.27. The minimum Gasteiger partial charge on any atom is -0.354 e. The van der Waals surface area contributed by atoms with Gasteiger partial charge in [0.15, 0.2) is 0 Å². The molecule has 1 amide bonds. The zero-order valence-corrected chi connectivity index (χ0v) is 11.6. The molecule has 0 saturated carbocycles. The Morgan fingerprint density at radius 2 is 1.88 bits per heavy atom. The predicted octanol–water partition coefficient (Wildman–Crippen LogP) is 0.831. The summed E-state index contributed by atoms with van der Waals surface area (Å²) < 4.78 is 0. The second kappa shape index (κ2) is 6.97. The SMILES string of the molecule is CNC1CCN(C(C)C(=O)NCC(C)C)CC1. The smallest absolute Gasteiger partial charge is 0.237 e. The van der Waals surface area contributed by atoms with Crippen LogP contribution < -0.4 is 10.6 Å². The Hall–Kier alpha value is -0.610. The van der Waals surface area contributed by atoms with Gasteiger partial charge in [0.25, 0.3) is 0 Å². The maximum Gasteiger partial charge on any atom is 0.237 e. The van der Waals surface area contributed by atoms with Crippen molar-refractivity contribution in [3.63, 3.8) is 0 Å². The van der Waals surface area contributed by atoms with E-state index in [1.807, 2.05) is 14.0 Å². The highest BCUT2D eigenvalue weighted by atomic mass is 16.2. The summed E-state index contributed by atoms with van der Waals surface area (Å²) in [6.45, 7) is 9.04. The topological polar surface area (TPSA) is 44.4 Å². The van der Waals surface area contributed by atoms with Crippen LogP contribution in [0.1, 0.15) is 33.6 Å². The molecule has 0 radical (unpaired) electrons. The summed E-state index contributed by atoms with van der Waals surface area (Å²) in [4.78, 5) is 14.2. The Bertz CT molecular complexity index is 235. The number of rotatable bonds is 5. The van der Waals surface area contributed by atoms with Crippen molar-refractivity contribution in [2.24, 2.45) is 5.92 Å². The maximum absolute atomic E-state index is 11.9. The van der Waals surface area contributed by atoms with Crippen LogP contribution in [0.25, 0.3) is 0 Å². The minimum absolute atomic E-state index is 0.00607. The van der Waals surface area contributed by atoms with E-state index in [4.69, 9.17) is 0 Å². The Morgan fingerprint density at radius 1 is 1.29 bits per heavy atom. The number of piperidine rings is 1. The van der Waals surface area contributed by atoms with Crippen molar-refractivity contribution in [2.45, 2.75) is 45.7 Å². The van der Waals surface area contributed by atoms with Gasteiger partial charge in [0.05, 0.1) is 6.04 Å². The third-order valence-corrected chi connectivity index (χ3v) is 3.55. The molecule has 0 aromatic carbocycles. The molecule has 4 heteroatoms. The molecule has 1 aliphatic heterocycles. The largest absolute Gasteiger partial charge is 0.354 e. The molecule has 1 rings (SSSR count). The van der Waals surface area contributed by atoms with E-state index in [1.165, 1.54) is 0 Å². The lowest BCUT2D eigenvalue weighted by Crippen LogP contribution is -2.51. The molecular formula is C13H27N3O. The summed E-state index contributed by atoms with van der Waals surface area (Å²) in [7, 11) is 2.01. The van der Waals surface area contributed by atoms with Gasteiger partial charge in [-0.2, -0.15) is 0 Å². The predicted molar refractivity (Wildman–Crippen MR) is 71.0 cm³/mol. The zero-order valence-electron chi connectivity index (χ0n) is 11.6. The number of amides is 1. The van der Waals surface area contributed by atoms with Gasteiger partial charge in [0.1, 0.15) is 0 Å². The van der Waals surface area contributed by atoms with Crippen molar-refractivity contribution >= 4 is 5.91 Å². The number of carbonyl (C=O) groups is 1. The van der Waals surface area contributed by atoms with E-state index < -0.39 is 0 Å². The van der Waals surface area contributed by atoms with Crippen molar-refractivity contribution in [3.05, 3.63) is 0 Å². The van der Waals surface area contributed by atoms with Crippen LogP contribution in [-0.2, 0) is 4.79 Å². The van der Waals surface area contributed by atoms with Crippen molar-refractivity contribution in [1.29, 1.82) is 0 Å². The van der Waals surface area contributed by atoms with Crippen molar-refractivity contribution in [1.82, 2.24) is 15.5 Å². The normalized spacial score (nSPS) is 20.5. The second-order valence-corrected chi connectivity index (χ2v) is 5.41. The molecule has 4 nitrogen and oxygen atoms in total. The van der Waals surface area contributed by atoms with Crippen LogP contribution in [0, 0.1) is 5.92 Å². The molecule has 17 heavy (non-hydrogen) atoms. The van der Waals surface area contributed by atoms with Crippen LogP contribution >= 0.6 is 0 Å². The summed E-state index contributed by atoms with van der Waals surface area (Å²) in [5, 5.41) is 6.31. The van der Waals surface area contributed by atoms with Crippen LogP contribution in [0.15, 0.2) is 0 Å². The molecule has 0 aliphatic carbocycles. The first kappa shape index (κ1) is 14.5. The summed E-state index contributed by atoms with van der Waals surface area (Å²) in [5.41, 5.74) is 0. The molecule has 1 unspecified atom stereocenters. The van der Waals surface area contributed by atoms with Crippen LogP contribution in [0.4, 0.5) is 0 Å². The molecule has 1 atom stereocenters. The Labute approximate surface area is 105 Å². The number of nitrogens with zero attached hydrogens (tertiary/aromatic N) is 1. The van der Waals surface area contributed by atoms with Crippen LogP contribution in [0.3, 0.4) is 0 Å². The maximum atomic E-state index is 11.9. The lowest BCUT2D eigenvalue weighted by molar-refractivity contribution is -0.126. The van der Waals surface area contributed by atoms with E-state index in [0.717, 1.165) is 32.5 Å². The fraction of sp³-hybridized carbons (Fsp3) is 0.923. The van der Waals surface area contributed by atoms with Gasteiger partial charge in [-0.1, -0.05) is 13.8 Å². The summed E-state index contributed by atoms with van der Waals surface area (Å²) >= 11 is 0. The Balaban J connectivity index is 2.32. The first-order valence-corrected chi connectivity index (χ1v) is 6.73. The molecule has 0 bridgehead atoms. The molecule has 100 valence electrons. The third-order valence-electron chi connectivity index (χ3n) is 3.55. The number of likely N-dealkylation sites (tertiary alicyclic amines) is 1.